The van der Waals surface area contributed by atoms with Crippen LogP contribution in [0.1, 0.15) is 29.7 Å². The maximum absolute atomic E-state index is 5.67. The van der Waals surface area contributed by atoms with E-state index >= 15 is 0 Å². The van der Waals surface area contributed by atoms with E-state index in [1.54, 1.807) is 0 Å². The first kappa shape index (κ1) is 14.3. The molecule has 6 nitrogen and oxygen atoms in total. The third-order valence-electron chi connectivity index (χ3n) is 4.01. The summed E-state index contributed by atoms with van der Waals surface area (Å²) in [6.45, 7) is 6.42. The summed E-state index contributed by atoms with van der Waals surface area (Å²) in [5.41, 5.74) is 3.89. The summed E-state index contributed by atoms with van der Waals surface area (Å²) in [5.74, 6) is 0.387. The molecule has 2 aromatic rings. The first-order chi connectivity index (χ1) is 10.2. The minimum atomic E-state index is 0.387. The van der Waals surface area contributed by atoms with Crippen LogP contribution in [-0.4, -0.2) is 44.2 Å². The van der Waals surface area contributed by atoms with Gasteiger partial charge in [-0.1, -0.05) is 0 Å². The topological polar surface area (TPSA) is 48.1 Å². The number of aryl methyl sites for hydroxylation is 2. The number of rotatable bonds is 5. The van der Waals surface area contributed by atoms with Crippen molar-refractivity contribution in [3.8, 4) is 0 Å². The minimum Gasteiger partial charge on any atom is -0.381 e. The standard InChI is InChI=1S/C15H23N5O/c1-4-21-11-14-10-20(8-12-5-16-18(2)7-12)9-13-6-17-19(3)15(13)14/h5-7,14H,4,8-11H2,1-3H3/t14-/m1/s1. The van der Waals surface area contributed by atoms with E-state index in [2.05, 4.69) is 21.3 Å². The van der Waals surface area contributed by atoms with E-state index in [0.29, 0.717) is 5.92 Å². The summed E-state index contributed by atoms with van der Waals surface area (Å²) in [6, 6.07) is 0. The number of ether oxygens (including phenoxy) is 1. The Morgan fingerprint density at radius 2 is 2.14 bits per heavy atom. The summed E-state index contributed by atoms with van der Waals surface area (Å²) < 4.78 is 9.53. The zero-order valence-corrected chi connectivity index (χ0v) is 13.0. The molecule has 0 unspecified atom stereocenters. The Kier molecular flexibility index (Phi) is 4.07. The molecule has 0 spiro atoms. The Bertz CT molecular complexity index is 603. The van der Waals surface area contributed by atoms with Crippen LogP contribution in [0.5, 0.6) is 0 Å². The van der Waals surface area contributed by atoms with Crippen LogP contribution in [0.15, 0.2) is 18.6 Å². The number of hydrogen-bond acceptors (Lipinski definition) is 4. The molecule has 1 aliphatic rings. The van der Waals surface area contributed by atoms with Gasteiger partial charge in [0.25, 0.3) is 0 Å². The van der Waals surface area contributed by atoms with Gasteiger partial charge in [-0.25, -0.2) is 0 Å². The third-order valence-corrected chi connectivity index (χ3v) is 4.01. The smallest absolute Gasteiger partial charge is 0.0562 e. The van der Waals surface area contributed by atoms with Crippen molar-refractivity contribution in [1.82, 2.24) is 24.5 Å². The second-order valence-electron chi connectivity index (χ2n) is 5.73. The monoisotopic (exact) mass is 289 g/mol. The van der Waals surface area contributed by atoms with E-state index in [4.69, 9.17) is 4.74 Å². The van der Waals surface area contributed by atoms with Crippen LogP contribution < -0.4 is 0 Å². The Morgan fingerprint density at radius 3 is 2.86 bits per heavy atom. The van der Waals surface area contributed by atoms with E-state index in [9.17, 15) is 0 Å². The van der Waals surface area contributed by atoms with E-state index in [-0.39, 0.29) is 0 Å². The molecule has 0 amide bonds. The molecular formula is C15H23N5O. The Morgan fingerprint density at radius 1 is 1.29 bits per heavy atom. The molecule has 0 aromatic carbocycles. The normalized spacial score (nSPS) is 18.9. The zero-order chi connectivity index (χ0) is 14.8. The molecule has 6 heteroatoms. The van der Waals surface area contributed by atoms with Crippen LogP contribution in [0.3, 0.4) is 0 Å². The number of fused-ring (bicyclic) bond motifs is 1. The fourth-order valence-electron chi connectivity index (χ4n) is 3.17. The highest BCUT2D eigenvalue weighted by molar-refractivity contribution is 5.25. The van der Waals surface area contributed by atoms with Crippen molar-refractivity contribution in [1.29, 1.82) is 0 Å². The predicted molar refractivity (Wildman–Crippen MR) is 79.8 cm³/mol. The molecule has 3 rings (SSSR count). The van der Waals surface area contributed by atoms with Crippen LogP contribution in [0.2, 0.25) is 0 Å². The average Bonchev–Trinajstić information content (AvgIpc) is 3.03. The maximum Gasteiger partial charge on any atom is 0.0562 e. The van der Waals surface area contributed by atoms with Gasteiger partial charge in [-0.2, -0.15) is 10.2 Å². The Balaban J connectivity index is 1.76. The van der Waals surface area contributed by atoms with Crippen molar-refractivity contribution in [2.24, 2.45) is 14.1 Å². The molecule has 0 fully saturated rings. The van der Waals surface area contributed by atoms with Crippen molar-refractivity contribution in [3.05, 3.63) is 35.4 Å². The summed E-state index contributed by atoms with van der Waals surface area (Å²) in [5, 5.41) is 8.67. The van der Waals surface area contributed by atoms with Gasteiger partial charge >= 0.3 is 0 Å². The average molecular weight is 289 g/mol. The second kappa shape index (κ2) is 5.99. The molecule has 0 aliphatic carbocycles. The lowest BCUT2D eigenvalue weighted by Crippen LogP contribution is -2.35. The molecule has 0 bridgehead atoms. The van der Waals surface area contributed by atoms with Crippen LogP contribution in [0, 0.1) is 0 Å². The van der Waals surface area contributed by atoms with Crippen molar-refractivity contribution in [3.63, 3.8) is 0 Å². The van der Waals surface area contributed by atoms with E-state index < -0.39 is 0 Å². The molecule has 3 heterocycles. The van der Waals surface area contributed by atoms with Gasteiger partial charge in [0.15, 0.2) is 0 Å². The number of hydrogen-bond donors (Lipinski definition) is 0. The van der Waals surface area contributed by atoms with Gasteiger partial charge < -0.3 is 4.74 Å². The first-order valence-electron chi connectivity index (χ1n) is 7.45. The van der Waals surface area contributed by atoms with Gasteiger partial charge in [-0.05, 0) is 6.92 Å². The minimum absolute atomic E-state index is 0.387. The van der Waals surface area contributed by atoms with E-state index in [1.807, 2.05) is 42.8 Å². The molecule has 2 aromatic heterocycles. The van der Waals surface area contributed by atoms with Crippen molar-refractivity contribution >= 4 is 0 Å². The SMILES string of the molecule is CCOC[C@H]1CN(Cc2cnn(C)c2)Cc2cnn(C)c21. The third kappa shape index (κ3) is 3.01. The fourth-order valence-corrected chi connectivity index (χ4v) is 3.17. The van der Waals surface area contributed by atoms with E-state index in [0.717, 1.165) is 32.8 Å². The molecule has 0 N–H and O–H groups in total. The van der Waals surface area contributed by atoms with Gasteiger partial charge in [0.2, 0.25) is 0 Å². The first-order valence-corrected chi connectivity index (χ1v) is 7.45. The lowest BCUT2D eigenvalue weighted by atomic mass is 9.96. The van der Waals surface area contributed by atoms with Crippen molar-refractivity contribution in [2.75, 3.05) is 19.8 Å². The quantitative estimate of drug-likeness (QED) is 0.832. The number of aromatic nitrogens is 4. The summed E-state index contributed by atoms with van der Waals surface area (Å²) in [7, 11) is 3.98. The lowest BCUT2D eigenvalue weighted by molar-refractivity contribution is 0.102. The van der Waals surface area contributed by atoms with Crippen LogP contribution in [0.25, 0.3) is 0 Å². The van der Waals surface area contributed by atoms with Crippen LogP contribution in [-0.2, 0) is 31.9 Å². The zero-order valence-electron chi connectivity index (χ0n) is 13.0. The molecule has 1 aliphatic heterocycles. The van der Waals surface area contributed by atoms with Gasteiger partial charge in [0.1, 0.15) is 0 Å². The van der Waals surface area contributed by atoms with Crippen molar-refractivity contribution in [2.45, 2.75) is 25.9 Å². The molecule has 0 saturated carbocycles. The van der Waals surface area contributed by atoms with Gasteiger partial charge in [-0.15, -0.1) is 0 Å². The van der Waals surface area contributed by atoms with Gasteiger partial charge in [0, 0.05) is 69.3 Å². The molecular weight excluding hydrogens is 266 g/mol. The van der Waals surface area contributed by atoms with Crippen LogP contribution >= 0.6 is 0 Å². The predicted octanol–water partition coefficient (Wildman–Crippen LogP) is 1.29. The summed E-state index contributed by atoms with van der Waals surface area (Å²) in [6.07, 6.45) is 6.01. The highest BCUT2D eigenvalue weighted by atomic mass is 16.5. The molecule has 21 heavy (non-hydrogen) atoms. The Hall–Kier alpha value is -1.66. The van der Waals surface area contributed by atoms with E-state index in [1.165, 1.54) is 16.8 Å². The van der Waals surface area contributed by atoms with Gasteiger partial charge in [0.05, 0.1) is 19.0 Å². The van der Waals surface area contributed by atoms with Crippen molar-refractivity contribution < 1.29 is 4.74 Å². The molecule has 114 valence electrons. The second-order valence-corrected chi connectivity index (χ2v) is 5.73. The Labute approximate surface area is 125 Å². The van der Waals surface area contributed by atoms with Gasteiger partial charge in [-0.3, -0.25) is 14.3 Å². The highest BCUT2D eigenvalue weighted by Gasteiger charge is 2.28. The summed E-state index contributed by atoms with van der Waals surface area (Å²) >= 11 is 0. The maximum atomic E-state index is 5.67. The highest BCUT2D eigenvalue weighted by Crippen LogP contribution is 2.29. The number of nitrogens with zero attached hydrogens (tertiary/aromatic N) is 5. The molecule has 1 atom stereocenters. The van der Waals surface area contributed by atoms with Crippen LogP contribution in [0.4, 0.5) is 0 Å². The summed E-state index contributed by atoms with van der Waals surface area (Å²) in [4.78, 5) is 2.45. The molecule has 0 saturated heterocycles. The fraction of sp³-hybridized carbons (Fsp3) is 0.600. The largest absolute Gasteiger partial charge is 0.381 e. The molecule has 0 radical (unpaired) electrons. The lowest BCUT2D eigenvalue weighted by Gasteiger charge is -2.32.